The van der Waals surface area contributed by atoms with Gasteiger partial charge in [-0.05, 0) is 32.8 Å². The molecular formula is C12H19N3O. The number of aryl methyl sites for hydroxylation is 2. The molecule has 0 amide bonds. The minimum absolute atomic E-state index is 0.214. The Morgan fingerprint density at radius 2 is 2.00 bits per heavy atom. The van der Waals surface area contributed by atoms with Crippen LogP contribution in [0.25, 0.3) is 0 Å². The lowest BCUT2D eigenvalue weighted by Crippen LogP contribution is -2.38. The minimum atomic E-state index is -0.214. The lowest BCUT2D eigenvalue weighted by molar-refractivity contribution is -0.116. The summed E-state index contributed by atoms with van der Waals surface area (Å²) in [5, 5.41) is 4.40. The maximum absolute atomic E-state index is 11.3. The molecule has 0 aliphatic carbocycles. The van der Waals surface area contributed by atoms with Gasteiger partial charge in [0.2, 0.25) is 0 Å². The maximum atomic E-state index is 11.3. The molecule has 0 bridgehead atoms. The van der Waals surface area contributed by atoms with Crippen molar-refractivity contribution in [2.45, 2.75) is 39.3 Å². The Morgan fingerprint density at radius 3 is 2.50 bits per heavy atom. The molecule has 0 aromatic carbocycles. The van der Waals surface area contributed by atoms with Crippen molar-refractivity contribution < 1.29 is 4.79 Å². The van der Waals surface area contributed by atoms with Gasteiger partial charge in [0, 0.05) is 18.8 Å². The first-order valence-corrected chi connectivity index (χ1v) is 5.94. The Morgan fingerprint density at radius 1 is 1.31 bits per heavy atom. The summed E-state index contributed by atoms with van der Waals surface area (Å²) >= 11 is 0. The number of aldehydes is 1. The Kier molecular flexibility index (Phi) is 3.39. The first-order chi connectivity index (χ1) is 7.72. The summed E-state index contributed by atoms with van der Waals surface area (Å²) in [7, 11) is 0. The molecule has 2 heterocycles. The fourth-order valence-corrected chi connectivity index (χ4v) is 2.40. The van der Waals surface area contributed by atoms with E-state index in [1.54, 1.807) is 0 Å². The van der Waals surface area contributed by atoms with Gasteiger partial charge in [-0.15, -0.1) is 0 Å². The minimum Gasteiger partial charge on any atom is -0.299 e. The summed E-state index contributed by atoms with van der Waals surface area (Å²) in [6, 6.07) is 2.01. The molecule has 4 nitrogen and oxygen atoms in total. The zero-order valence-corrected chi connectivity index (χ0v) is 10.0. The highest BCUT2D eigenvalue weighted by Crippen LogP contribution is 2.19. The molecule has 1 unspecified atom stereocenters. The molecule has 16 heavy (non-hydrogen) atoms. The monoisotopic (exact) mass is 221 g/mol. The molecular weight excluding hydrogens is 202 g/mol. The number of rotatable bonds is 3. The molecule has 0 N–H and O–H groups in total. The van der Waals surface area contributed by atoms with E-state index >= 15 is 0 Å². The van der Waals surface area contributed by atoms with E-state index in [-0.39, 0.29) is 6.17 Å². The molecule has 1 fully saturated rings. The quantitative estimate of drug-likeness (QED) is 0.729. The van der Waals surface area contributed by atoms with Crippen LogP contribution in [0.15, 0.2) is 6.07 Å². The van der Waals surface area contributed by atoms with Crippen molar-refractivity contribution in [3.63, 3.8) is 0 Å². The van der Waals surface area contributed by atoms with E-state index in [1.807, 2.05) is 24.6 Å². The molecule has 4 heteroatoms. The molecule has 2 rings (SSSR count). The second kappa shape index (κ2) is 4.78. The molecule has 88 valence electrons. The summed E-state index contributed by atoms with van der Waals surface area (Å²) in [5.74, 6) is 0. The molecule has 0 spiro atoms. The van der Waals surface area contributed by atoms with Crippen molar-refractivity contribution in [3.05, 3.63) is 17.5 Å². The number of hydrogen-bond acceptors (Lipinski definition) is 3. The van der Waals surface area contributed by atoms with Crippen molar-refractivity contribution in [3.8, 4) is 0 Å². The lowest BCUT2D eigenvalue weighted by Gasteiger charge is -2.31. The Labute approximate surface area is 96.2 Å². The van der Waals surface area contributed by atoms with Crippen molar-refractivity contribution in [2.24, 2.45) is 0 Å². The Hall–Kier alpha value is -1.16. The van der Waals surface area contributed by atoms with E-state index in [0.717, 1.165) is 30.8 Å². The normalized spacial score (nSPS) is 19.6. The van der Waals surface area contributed by atoms with Gasteiger partial charge in [0.25, 0.3) is 0 Å². The summed E-state index contributed by atoms with van der Waals surface area (Å²) in [6.07, 6.45) is 4.44. The second-order valence-corrected chi connectivity index (χ2v) is 4.52. The molecule has 1 aromatic rings. The highest BCUT2D eigenvalue weighted by molar-refractivity contribution is 5.55. The van der Waals surface area contributed by atoms with Crippen LogP contribution in [-0.2, 0) is 4.79 Å². The molecule has 1 aliphatic rings. The summed E-state index contributed by atoms with van der Waals surface area (Å²) in [4.78, 5) is 13.5. The van der Waals surface area contributed by atoms with E-state index in [4.69, 9.17) is 0 Å². The van der Waals surface area contributed by atoms with Gasteiger partial charge in [-0.3, -0.25) is 9.69 Å². The van der Waals surface area contributed by atoms with Gasteiger partial charge in [-0.25, -0.2) is 4.68 Å². The number of carbonyl (C=O) groups excluding carboxylic acids is 1. The van der Waals surface area contributed by atoms with Crippen LogP contribution in [0.2, 0.25) is 0 Å². The van der Waals surface area contributed by atoms with Crippen molar-refractivity contribution in [1.82, 2.24) is 14.7 Å². The Bertz CT molecular complexity index is 366. The predicted molar refractivity (Wildman–Crippen MR) is 62.2 cm³/mol. The topological polar surface area (TPSA) is 38.1 Å². The highest BCUT2D eigenvalue weighted by Gasteiger charge is 2.23. The third kappa shape index (κ3) is 2.16. The van der Waals surface area contributed by atoms with E-state index in [2.05, 4.69) is 10.00 Å². The number of nitrogens with zero attached hydrogens (tertiary/aromatic N) is 3. The van der Waals surface area contributed by atoms with Crippen LogP contribution in [0.4, 0.5) is 0 Å². The van der Waals surface area contributed by atoms with Crippen LogP contribution in [0, 0.1) is 13.8 Å². The number of likely N-dealkylation sites (tertiary alicyclic amines) is 1. The fourth-order valence-electron chi connectivity index (χ4n) is 2.40. The fraction of sp³-hybridized carbons (Fsp3) is 0.667. The van der Waals surface area contributed by atoms with E-state index in [1.165, 1.54) is 19.3 Å². The molecule has 1 saturated heterocycles. The van der Waals surface area contributed by atoms with E-state index < -0.39 is 0 Å². The van der Waals surface area contributed by atoms with Crippen LogP contribution in [0.3, 0.4) is 0 Å². The van der Waals surface area contributed by atoms with Crippen LogP contribution in [0.5, 0.6) is 0 Å². The first kappa shape index (κ1) is 11.3. The standard InChI is InChI=1S/C12H19N3O/c1-10-8-11(2)15(13-10)12(9-16)14-6-4-3-5-7-14/h8-9,12H,3-7H2,1-2H3. The molecule has 1 aliphatic heterocycles. The SMILES string of the molecule is Cc1cc(C)n(C(C=O)N2CCCCC2)n1. The number of carbonyl (C=O) groups is 1. The number of piperidine rings is 1. The summed E-state index contributed by atoms with van der Waals surface area (Å²) < 4.78 is 1.84. The zero-order valence-electron chi connectivity index (χ0n) is 10.0. The largest absolute Gasteiger partial charge is 0.299 e. The van der Waals surface area contributed by atoms with Crippen LogP contribution >= 0.6 is 0 Å². The average Bonchev–Trinajstić information content (AvgIpc) is 2.61. The van der Waals surface area contributed by atoms with Gasteiger partial charge in [0.05, 0.1) is 5.69 Å². The lowest BCUT2D eigenvalue weighted by atomic mass is 10.1. The van der Waals surface area contributed by atoms with E-state index in [0.29, 0.717) is 0 Å². The smallest absolute Gasteiger partial charge is 0.160 e. The van der Waals surface area contributed by atoms with Crippen LogP contribution < -0.4 is 0 Å². The highest BCUT2D eigenvalue weighted by atomic mass is 16.1. The van der Waals surface area contributed by atoms with Gasteiger partial charge in [0.15, 0.2) is 12.5 Å². The summed E-state index contributed by atoms with van der Waals surface area (Å²) in [5.41, 5.74) is 2.03. The summed E-state index contributed by atoms with van der Waals surface area (Å²) in [6.45, 7) is 5.96. The van der Waals surface area contributed by atoms with Crippen molar-refractivity contribution in [2.75, 3.05) is 13.1 Å². The molecule has 1 atom stereocenters. The zero-order chi connectivity index (χ0) is 11.5. The van der Waals surface area contributed by atoms with Gasteiger partial charge in [-0.2, -0.15) is 5.10 Å². The van der Waals surface area contributed by atoms with Gasteiger partial charge in [-0.1, -0.05) is 6.42 Å². The maximum Gasteiger partial charge on any atom is 0.160 e. The number of aromatic nitrogens is 2. The van der Waals surface area contributed by atoms with Gasteiger partial charge < -0.3 is 0 Å². The third-order valence-electron chi connectivity index (χ3n) is 3.18. The average molecular weight is 221 g/mol. The van der Waals surface area contributed by atoms with Gasteiger partial charge >= 0.3 is 0 Å². The predicted octanol–water partition coefficient (Wildman–Crippen LogP) is 1.68. The third-order valence-corrected chi connectivity index (χ3v) is 3.18. The van der Waals surface area contributed by atoms with Gasteiger partial charge in [0.1, 0.15) is 0 Å². The second-order valence-electron chi connectivity index (χ2n) is 4.52. The first-order valence-electron chi connectivity index (χ1n) is 5.94. The van der Waals surface area contributed by atoms with Crippen molar-refractivity contribution >= 4 is 6.29 Å². The van der Waals surface area contributed by atoms with Crippen LogP contribution in [-0.4, -0.2) is 34.1 Å². The Balaban J connectivity index is 2.21. The van der Waals surface area contributed by atoms with Crippen LogP contribution in [0.1, 0.15) is 36.8 Å². The van der Waals surface area contributed by atoms with Crippen molar-refractivity contribution in [1.29, 1.82) is 0 Å². The molecule has 0 saturated carbocycles. The number of hydrogen-bond donors (Lipinski definition) is 0. The molecule has 0 radical (unpaired) electrons. The molecule has 1 aromatic heterocycles. The van der Waals surface area contributed by atoms with E-state index in [9.17, 15) is 4.79 Å².